The van der Waals surface area contributed by atoms with Gasteiger partial charge in [-0.05, 0) is 106 Å². The molecule has 0 unspecified atom stereocenters. The summed E-state index contributed by atoms with van der Waals surface area (Å²) in [7, 11) is 0. The number of anilines is 3. The van der Waals surface area contributed by atoms with Crippen LogP contribution in [-0.2, 0) is 12.8 Å². The van der Waals surface area contributed by atoms with Crippen LogP contribution in [0.5, 0.6) is 0 Å². The molecule has 0 fully saturated rings. The lowest BCUT2D eigenvalue weighted by molar-refractivity contribution is 0.626. The Morgan fingerprint density at radius 2 is 0.932 bits per heavy atom. The lowest BCUT2D eigenvalue weighted by Gasteiger charge is -2.29. The summed E-state index contributed by atoms with van der Waals surface area (Å²) in [5.41, 5.74) is 15.9. The molecule has 1 heterocycles. The molecule has 0 amide bonds. The van der Waals surface area contributed by atoms with Crippen LogP contribution >= 0.6 is 0 Å². The molecule has 2 nitrogen and oxygen atoms in total. The third-order valence-electron chi connectivity index (χ3n) is 11.2. The maximum Gasteiger partial charge on any atom is 0.143 e. The molecular weight excluding hydrogens is 722 g/mol. The molecule has 0 spiro atoms. The molecule has 282 valence electrons. The highest BCUT2D eigenvalue weighted by molar-refractivity contribution is 6.09. The van der Waals surface area contributed by atoms with Gasteiger partial charge >= 0.3 is 0 Å². The highest BCUT2D eigenvalue weighted by Crippen LogP contribution is 2.44. The van der Waals surface area contributed by atoms with E-state index in [-0.39, 0.29) is 5.82 Å². The fourth-order valence-electron chi connectivity index (χ4n) is 8.45. The minimum atomic E-state index is -0.232. The Kier molecular flexibility index (Phi) is 9.61. The Hall–Kier alpha value is -7.49. The van der Waals surface area contributed by atoms with E-state index >= 15 is 0 Å². The van der Waals surface area contributed by atoms with Crippen LogP contribution in [0.1, 0.15) is 22.3 Å². The molecule has 0 N–H and O–H groups in total. The molecule has 3 heteroatoms. The van der Waals surface area contributed by atoms with E-state index in [1.165, 1.54) is 5.56 Å². The summed E-state index contributed by atoms with van der Waals surface area (Å²) in [6.45, 7) is 0. The second kappa shape index (κ2) is 15.8. The molecule has 0 aliphatic carbocycles. The van der Waals surface area contributed by atoms with Gasteiger partial charge in [0, 0.05) is 33.3 Å². The lowest BCUT2D eigenvalue weighted by Crippen LogP contribution is -2.12. The molecule has 10 rings (SSSR count). The van der Waals surface area contributed by atoms with Crippen LogP contribution in [0.3, 0.4) is 0 Å². The average Bonchev–Trinajstić information content (AvgIpc) is 3.68. The molecular formula is C56H40FNO. The SMILES string of the molecule is Fc1ccc(-c2ccc(N(c3ccc(-c4cccc5c4oc4ccccc45)cc3)c3ccccc3-c3ccccc3)cc2Cc2ccccc2)c(Cc2ccccc2)c1. The van der Waals surface area contributed by atoms with Crippen molar-refractivity contribution >= 4 is 39.0 Å². The normalized spacial score (nSPS) is 11.3. The number of hydrogen-bond donors (Lipinski definition) is 0. The quantitative estimate of drug-likeness (QED) is 0.138. The Balaban J connectivity index is 1.14. The van der Waals surface area contributed by atoms with Gasteiger partial charge in [0.2, 0.25) is 0 Å². The molecule has 0 saturated carbocycles. The van der Waals surface area contributed by atoms with Crippen LogP contribution in [0.25, 0.3) is 55.3 Å². The standard InChI is InChI=1S/C56H40FNO/c57-45-29-33-48(43(37-45)35-39-15-4-1-5-16-39)49-34-32-47(38-44(49)36-40-17-6-2-7-18-40)58(54-25-12-10-21-50(54)41-19-8-3-9-20-41)46-30-27-42(28-31-46)51-23-14-24-53-52-22-11-13-26-55(52)59-56(51)53/h1-34,37-38H,35-36H2. The van der Waals surface area contributed by atoms with Crippen molar-refractivity contribution in [2.45, 2.75) is 12.8 Å². The summed E-state index contributed by atoms with van der Waals surface area (Å²) in [6.07, 6.45) is 1.34. The minimum absolute atomic E-state index is 0.232. The number of halogens is 1. The van der Waals surface area contributed by atoms with Crippen molar-refractivity contribution in [3.05, 3.63) is 246 Å². The van der Waals surface area contributed by atoms with Crippen LogP contribution in [0, 0.1) is 5.82 Å². The lowest BCUT2D eigenvalue weighted by atomic mass is 9.89. The zero-order valence-corrected chi connectivity index (χ0v) is 32.4. The first-order valence-corrected chi connectivity index (χ1v) is 20.1. The predicted octanol–water partition coefficient (Wildman–Crippen LogP) is 15.4. The first-order valence-electron chi connectivity index (χ1n) is 20.1. The molecule has 0 aliphatic rings. The molecule has 1 aromatic heterocycles. The van der Waals surface area contributed by atoms with Crippen molar-refractivity contribution in [1.29, 1.82) is 0 Å². The third kappa shape index (κ3) is 7.20. The zero-order chi connectivity index (χ0) is 39.5. The first kappa shape index (κ1) is 35.9. The van der Waals surface area contributed by atoms with E-state index in [2.05, 4.69) is 175 Å². The smallest absolute Gasteiger partial charge is 0.143 e. The summed E-state index contributed by atoms with van der Waals surface area (Å²) in [5, 5.41) is 2.23. The Morgan fingerprint density at radius 3 is 1.66 bits per heavy atom. The van der Waals surface area contributed by atoms with Gasteiger partial charge < -0.3 is 9.32 Å². The van der Waals surface area contributed by atoms with Crippen molar-refractivity contribution in [2.24, 2.45) is 0 Å². The summed E-state index contributed by atoms with van der Waals surface area (Å²) < 4.78 is 21.4. The van der Waals surface area contributed by atoms with E-state index in [1.54, 1.807) is 12.1 Å². The van der Waals surface area contributed by atoms with E-state index < -0.39 is 0 Å². The maximum atomic E-state index is 15.0. The largest absolute Gasteiger partial charge is 0.455 e. The van der Waals surface area contributed by atoms with Gasteiger partial charge in [-0.15, -0.1) is 0 Å². The number of fused-ring (bicyclic) bond motifs is 3. The van der Waals surface area contributed by atoms with Gasteiger partial charge in [-0.2, -0.15) is 0 Å². The summed E-state index contributed by atoms with van der Waals surface area (Å²) in [5.74, 6) is -0.232. The van der Waals surface area contributed by atoms with E-state index in [0.717, 1.165) is 89.1 Å². The van der Waals surface area contributed by atoms with Gasteiger partial charge in [0.25, 0.3) is 0 Å². The number of benzene rings is 9. The average molecular weight is 762 g/mol. The number of para-hydroxylation sites is 3. The highest BCUT2D eigenvalue weighted by atomic mass is 19.1. The van der Waals surface area contributed by atoms with Gasteiger partial charge in [0.05, 0.1) is 5.69 Å². The molecule has 10 aromatic rings. The van der Waals surface area contributed by atoms with Gasteiger partial charge in [0.1, 0.15) is 17.0 Å². The summed E-state index contributed by atoms with van der Waals surface area (Å²) in [4.78, 5) is 2.36. The number of furan rings is 1. The van der Waals surface area contributed by atoms with Crippen molar-refractivity contribution in [3.63, 3.8) is 0 Å². The fraction of sp³-hybridized carbons (Fsp3) is 0.0357. The topological polar surface area (TPSA) is 16.4 Å². The van der Waals surface area contributed by atoms with Crippen molar-refractivity contribution in [1.82, 2.24) is 0 Å². The summed E-state index contributed by atoms with van der Waals surface area (Å²) >= 11 is 0. The minimum Gasteiger partial charge on any atom is -0.455 e. The predicted molar refractivity (Wildman–Crippen MR) is 243 cm³/mol. The monoisotopic (exact) mass is 761 g/mol. The number of hydrogen-bond acceptors (Lipinski definition) is 2. The summed E-state index contributed by atoms with van der Waals surface area (Å²) in [6, 6.07) is 75.5. The van der Waals surface area contributed by atoms with Gasteiger partial charge in [-0.1, -0.05) is 170 Å². The number of nitrogens with zero attached hydrogens (tertiary/aromatic N) is 1. The maximum absolute atomic E-state index is 15.0. The molecule has 0 bridgehead atoms. The fourth-order valence-corrected chi connectivity index (χ4v) is 8.45. The van der Waals surface area contributed by atoms with E-state index in [0.29, 0.717) is 12.8 Å². The van der Waals surface area contributed by atoms with Crippen molar-refractivity contribution < 1.29 is 8.81 Å². The van der Waals surface area contributed by atoms with E-state index in [9.17, 15) is 4.39 Å². The molecule has 0 radical (unpaired) electrons. The van der Waals surface area contributed by atoms with Crippen LogP contribution in [0.15, 0.2) is 223 Å². The highest BCUT2D eigenvalue weighted by Gasteiger charge is 2.21. The Morgan fingerprint density at radius 1 is 0.390 bits per heavy atom. The molecule has 0 atom stereocenters. The van der Waals surface area contributed by atoms with Crippen molar-refractivity contribution in [3.8, 4) is 33.4 Å². The molecule has 59 heavy (non-hydrogen) atoms. The first-order chi connectivity index (χ1) is 29.2. The van der Waals surface area contributed by atoms with Gasteiger partial charge in [0.15, 0.2) is 0 Å². The van der Waals surface area contributed by atoms with Gasteiger partial charge in [-0.25, -0.2) is 4.39 Å². The van der Waals surface area contributed by atoms with Crippen LogP contribution in [0.4, 0.5) is 21.5 Å². The van der Waals surface area contributed by atoms with E-state index in [1.807, 2.05) is 36.4 Å². The number of rotatable bonds is 10. The van der Waals surface area contributed by atoms with Crippen molar-refractivity contribution in [2.75, 3.05) is 4.90 Å². The molecule has 0 saturated heterocycles. The molecule has 0 aliphatic heterocycles. The third-order valence-corrected chi connectivity index (χ3v) is 11.2. The van der Waals surface area contributed by atoms with Gasteiger partial charge in [-0.3, -0.25) is 0 Å². The van der Waals surface area contributed by atoms with Crippen LogP contribution in [0.2, 0.25) is 0 Å². The Labute approximate surface area is 344 Å². The second-order valence-corrected chi connectivity index (χ2v) is 15.0. The zero-order valence-electron chi connectivity index (χ0n) is 32.4. The molecule has 9 aromatic carbocycles. The van der Waals surface area contributed by atoms with Crippen LogP contribution in [-0.4, -0.2) is 0 Å². The second-order valence-electron chi connectivity index (χ2n) is 15.0. The van der Waals surface area contributed by atoms with E-state index in [4.69, 9.17) is 4.42 Å². The van der Waals surface area contributed by atoms with Crippen LogP contribution < -0.4 is 4.90 Å². The Bertz CT molecular complexity index is 3040.